The number of hydrogen-bond acceptors (Lipinski definition) is 2. The zero-order valence-electron chi connectivity index (χ0n) is 8.57. The van der Waals surface area contributed by atoms with E-state index in [9.17, 15) is 0 Å². The first-order chi connectivity index (χ1) is 6.90. The minimum Gasteiger partial charge on any atom is -0.492 e. The van der Waals surface area contributed by atoms with Crippen molar-refractivity contribution in [3.63, 3.8) is 0 Å². The van der Waals surface area contributed by atoms with Crippen LogP contribution in [0.25, 0.3) is 0 Å². The Kier molecular flexibility index (Phi) is 3.09. The van der Waals surface area contributed by atoms with Crippen molar-refractivity contribution in [2.24, 2.45) is 0 Å². The van der Waals surface area contributed by atoms with Crippen molar-refractivity contribution >= 4 is 7.41 Å². The van der Waals surface area contributed by atoms with Gasteiger partial charge in [0.15, 0.2) is 0 Å². The third kappa shape index (κ3) is 2.10. The van der Waals surface area contributed by atoms with Gasteiger partial charge < -0.3 is 9.55 Å². The molecule has 1 radical (unpaired) electrons. The van der Waals surface area contributed by atoms with Gasteiger partial charge >= 0.3 is 0 Å². The number of nitrogens with zero attached hydrogens (tertiary/aromatic N) is 1. The van der Waals surface area contributed by atoms with Crippen molar-refractivity contribution in [1.29, 1.82) is 0 Å². The van der Waals surface area contributed by atoms with Gasteiger partial charge in [0.2, 0.25) is 7.41 Å². The second kappa shape index (κ2) is 4.51. The highest BCUT2D eigenvalue weighted by Gasteiger charge is 2.13. The van der Waals surface area contributed by atoms with Crippen molar-refractivity contribution in [3.8, 4) is 5.75 Å². The van der Waals surface area contributed by atoms with Gasteiger partial charge in [0, 0.05) is 18.7 Å². The third-order valence-electron chi connectivity index (χ3n) is 2.42. The molecular formula is C11H15BNO. The second-order valence-electron chi connectivity index (χ2n) is 3.52. The van der Waals surface area contributed by atoms with Gasteiger partial charge in [-0.15, -0.1) is 0 Å². The molecule has 2 rings (SSSR count). The summed E-state index contributed by atoms with van der Waals surface area (Å²) in [6.45, 7) is 4.91. The van der Waals surface area contributed by atoms with Gasteiger partial charge in [-0.25, -0.2) is 0 Å². The molecule has 1 heterocycles. The quantitative estimate of drug-likeness (QED) is 0.657. The van der Waals surface area contributed by atoms with Crippen molar-refractivity contribution in [3.05, 3.63) is 29.8 Å². The smallest absolute Gasteiger partial charge is 0.208 e. The summed E-state index contributed by atoms with van der Waals surface area (Å²) in [5.41, 5.74) is 1.29. The molecule has 0 atom stereocenters. The first kappa shape index (κ1) is 9.59. The van der Waals surface area contributed by atoms with Crippen molar-refractivity contribution < 1.29 is 4.74 Å². The van der Waals surface area contributed by atoms with E-state index in [0.29, 0.717) is 0 Å². The normalized spacial score (nSPS) is 16.6. The van der Waals surface area contributed by atoms with Gasteiger partial charge in [0.05, 0.1) is 6.61 Å². The van der Waals surface area contributed by atoms with Gasteiger partial charge in [0.1, 0.15) is 5.75 Å². The Labute approximate surface area is 86.1 Å². The van der Waals surface area contributed by atoms with Gasteiger partial charge in [-0.3, -0.25) is 0 Å². The molecule has 1 aliphatic heterocycles. The summed E-state index contributed by atoms with van der Waals surface area (Å²) in [4.78, 5) is 2.33. The lowest BCUT2D eigenvalue weighted by molar-refractivity contribution is 0.295. The molecule has 1 aromatic carbocycles. The number of benzene rings is 1. The molecule has 14 heavy (non-hydrogen) atoms. The Balaban J connectivity index is 2.14. The molecule has 1 aromatic rings. The standard InChI is InChI=1S/C11H15BNO/c1-2-12-13-7-8-14-11-6-4-3-5-10(11)9-13/h3-6H,2,7-9H2,1H3. The average molecular weight is 188 g/mol. The van der Waals surface area contributed by atoms with Crippen LogP contribution in [-0.4, -0.2) is 25.4 Å². The predicted octanol–water partition coefficient (Wildman–Crippen LogP) is 1.94. The highest BCUT2D eigenvalue weighted by Crippen LogP contribution is 2.21. The highest BCUT2D eigenvalue weighted by molar-refractivity contribution is 6.31. The largest absolute Gasteiger partial charge is 0.492 e. The van der Waals surface area contributed by atoms with E-state index in [4.69, 9.17) is 4.74 Å². The van der Waals surface area contributed by atoms with Crippen LogP contribution in [0.4, 0.5) is 0 Å². The van der Waals surface area contributed by atoms with Crippen LogP contribution in [0.3, 0.4) is 0 Å². The number of fused-ring (bicyclic) bond motifs is 1. The molecule has 0 fully saturated rings. The maximum atomic E-state index is 5.66. The lowest BCUT2D eigenvalue weighted by Crippen LogP contribution is -2.28. The zero-order valence-corrected chi connectivity index (χ0v) is 8.57. The van der Waals surface area contributed by atoms with Crippen molar-refractivity contribution in [2.75, 3.05) is 13.2 Å². The van der Waals surface area contributed by atoms with E-state index < -0.39 is 0 Å². The third-order valence-corrected chi connectivity index (χ3v) is 2.42. The van der Waals surface area contributed by atoms with Crippen LogP contribution < -0.4 is 4.74 Å². The first-order valence-corrected chi connectivity index (χ1v) is 5.18. The van der Waals surface area contributed by atoms with E-state index in [1.165, 1.54) is 5.56 Å². The second-order valence-corrected chi connectivity index (χ2v) is 3.52. The van der Waals surface area contributed by atoms with Crippen LogP contribution in [0.15, 0.2) is 24.3 Å². The van der Waals surface area contributed by atoms with E-state index in [0.717, 1.165) is 31.8 Å². The van der Waals surface area contributed by atoms with E-state index in [2.05, 4.69) is 31.3 Å². The van der Waals surface area contributed by atoms with Gasteiger partial charge in [-0.2, -0.15) is 0 Å². The fourth-order valence-electron chi connectivity index (χ4n) is 1.76. The maximum absolute atomic E-state index is 5.66. The highest BCUT2D eigenvalue weighted by atomic mass is 16.5. The van der Waals surface area contributed by atoms with Crippen LogP contribution in [-0.2, 0) is 6.54 Å². The van der Waals surface area contributed by atoms with Crippen LogP contribution in [0.5, 0.6) is 5.75 Å². The summed E-state index contributed by atoms with van der Waals surface area (Å²) in [5.74, 6) is 1.04. The molecule has 0 aliphatic carbocycles. The molecule has 0 N–H and O–H groups in total. The van der Waals surface area contributed by atoms with Crippen molar-refractivity contribution in [2.45, 2.75) is 19.8 Å². The Morgan fingerprint density at radius 2 is 2.29 bits per heavy atom. The van der Waals surface area contributed by atoms with Crippen LogP contribution in [0.2, 0.25) is 6.32 Å². The lowest BCUT2D eigenvalue weighted by atomic mass is 9.87. The topological polar surface area (TPSA) is 12.5 Å². The van der Waals surface area contributed by atoms with E-state index in [-0.39, 0.29) is 0 Å². The van der Waals surface area contributed by atoms with E-state index in [1.54, 1.807) is 0 Å². The number of para-hydroxylation sites is 1. The molecular weight excluding hydrogens is 173 g/mol. The molecule has 1 aliphatic rings. The molecule has 73 valence electrons. The zero-order chi connectivity index (χ0) is 9.80. The first-order valence-electron chi connectivity index (χ1n) is 5.18. The molecule has 0 bridgehead atoms. The Hall–Kier alpha value is -0.955. The fraction of sp³-hybridized carbons (Fsp3) is 0.455. The molecule has 0 saturated heterocycles. The number of hydrogen-bond donors (Lipinski definition) is 0. The average Bonchev–Trinajstić information content (AvgIpc) is 2.40. The molecule has 3 heteroatoms. The maximum Gasteiger partial charge on any atom is 0.208 e. The molecule has 0 aromatic heterocycles. The van der Waals surface area contributed by atoms with Crippen LogP contribution >= 0.6 is 0 Å². The fourth-order valence-corrected chi connectivity index (χ4v) is 1.76. The van der Waals surface area contributed by atoms with E-state index in [1.807, 2.05) is 12.1 Å². The summed E-state index contributed by atoms with van der Waals surface area (Å²) in [6, 6.07) is 8.28. The predicted molar refractivity (Wildman–Crippen MR) is 58.6 cm³/mol. The monoisotopic (exact) mass is 188 g/mol. The Bertz CT molecular complexity index is 303. The van der Waals surface area contributed by atoms with Gasteiger partial charge in [0.25, 0.3) is 0 Å². The summed E-state index contributed by atoms with van der Waals surface area (Å²) in [5, 5.41) is 0. The Morgan fingerprint density at radius 1 is 1.43 bits per heavy atom. The SMILES string of the molecule is CC[B]N1CCOc2ccccc2C1. The molecule has 2 nitrogen and oxygen atoms in total. The molecule has 0 unspecified atom stereocenters. The number of ether oxygens (including phenoxy) is 1. The summed E-state index contributed by atoms with van der Waals surface area (Å²) < 4.78 is 5.66. The molecule has 0 saturated carbocycles. The minimum atomic E-state index is 0.785. The van der Waals surface area contributed by atoms with Crippen LogP contribution in [0.1, 0.15) is 12.5 Å². The number of rotatable bonds is 2. The lowest BCUT2D eigenvalue weighted by Gasteiger charge is -2.16. The minimum absolute atomic E-state index is 0.785. The van der Waals surface area contributed by atoms with E-state index >= 15 is 0 Å². The summed E-state index contributed by atoms with van der Waals surface area (Å²) in [7, 11) is 2.24. The van der Waals surface area contributed by atoms with Gasteiger partial charge in [-0.05, 0) is 6.07 Å². The molecule has 0 amide bonds. The summed E-state index contributed by atoms with van der Waals surface area (Å²) >= 11 is 0. The van der Waals surface area contributed by atoms with Gasteiger partial charge in [-0.1, -0.05) is 31.4 Å². The molecule has 0 spiro atoms. The van der Waals surface area contributed by atoms with Crippen molar-refractivity contribution in [1.82, 2.24) is 4.81 Å². The Morgan fingerprint density at radius 3 is 3.14 bits per heavy atom. The van der Waals surface area contributed by atoms with Crippen LogP contribution in [0, 0.1) is 0 Å². The summed E-state index contributed by atoms with van der Waals surface area (Å²) in [6.07, 6.45) is 1.09.